The largest absolute Gasteiger partial charge is 0.416 e. The van der Waals surface area contributed by atoms with Gasteiger partial charge >= 0.3 is 6.18 Å². The molecule has 0 saturated heterocycles. The van der Waals surface area contributed by atoms with E-state index in [0.29, 0.717) is 22.4 Å². The Labute approximate surface area is 198 Å². The molecule has 178 valence electrons. The highest BCUT2D eigenvalue weighted by atomic mass is 19.4. The number of aromatic amines is 1. The van der Waals surface area contributed by atoms with Gasteiger partial charge in [0.2, 0.25) is 0 Å². The number of aromatic nitrogens is 1. The number of hydrogen-bond acceptors (Lipinski definition) is 3. The van der Waals surface area contributed by atoms with Crippen LogP contribution in [0.5, 0.6) is 0 Å². The summed E-state index contributed by atoms with van der Waals surface area (Å²) in [5.41, 5.74) is 4.32. The highest BCUT2D eigenvalue weighted by molar-refractivity contribution is 6.00. The van der Waals surface area contributed by atoms with Crippen molar-refractivity contribution >= 4 is 11.8 Å². The molecule has 0 saturated carbocycles. The molecule has 35 heavy (non-hydrogen) atoms. The Morgan fingerprint density at radius 3 is 2.09 bits per heavy atom. The van der Waals surface area contributed by atoms with Crippen LogP contribution in [-0.2, 0) is 12.7 Å². The normalized spacial score (nSPS) is 11.2. The number of nitrogens with one attached hydrogen (secondary N) is 3. The fourth-order valence-corrected chi connectivity index (χ4v) is 3.58. The maximum atomic E-state index is 13.1. The van der Waals surface area contributed by atoms with Crippen LogP contribution in [0.3, 0.4) is 0 Å². The second-order valence-electron chi connectivity index (χ2n) is 7.73. The van der Waals surface area contributed by atoms with Gasteiger partial charge in [-0.2, -0.15) is 13.2 Å². The summed E-state index contributed by atoms with van der Waals surface area (Å²) >= 11 is 0. The van der Waals surface area contributed by atoms with Crippen LogP contribution in [0.4, 0.5) is 13.2 Å². The maximum Gasteiger partial charge on any atom is 0.416 e. The van der Waals surface area contributed by atoms with Gasteiger partial charge < -0.3 is 10.3 Å². The van der Waals surface area contributed by atoms with Crippen LogP contribution in [-0.4, -0.2) is 22.0 Å². The minimum Gasteiger partial charge on any atom is -0.350 e. The maximum absolute atomic E-state index is 13.1. The molecule has 0 aliphatic heterocycles. The highest BCUT2D eigenvalue weighted by Crippen LogP contribution is 2.33. The molecule has 2 amide bonds. The van der Waals surface area contributed by atoms with Gasteiger partial charge in [0.15, 0.2) is 0 Å². The Morgan fingerprint density at radius 1 is 0.829 bits per heavy atom. The standard InChI is InChI=1S/C26H20F3N3O3/c27-26(28,29)20-12-10-17(11-13-20)21-14-22(18-4-2-1-3-5-18)31-23(21)25(34)30-15-16-6-8-19(9-7-16)24(33)32-35/h1-14,31,35H,15H2,(H,30,34)(H,32,33). The first kappa shape index (κ1) is 23.8. The number of carbonyl (C=O) groups is 2. The van der Waals surface area contributed by atoms with Crippen molar-refractivity contribution in [2.24, 2.45) is 0 Å². The van der Waals surface area contributed by atoms with E-state index in [1.165, 1.54) is 24.3 Å². The van der Waals surface area contributed by atoms with E-state index in [2.05, 4.69) is 10.3 Å². The summed E-state index contributed by atoms with van der Waals surface area (Å²) in [5.74, 6) is -1.10. The van der Waals surface area contributed by atoms with Crippen molar-refractivity contribution in [1.82, 2.24) is 15.8 Å². The molecule has 9 heteroatoms. The molecule has 0 aliphatic carbocycles. The SMILES string of the molecule is O=C(NO)c1ccc(CNC(=O)c2[nH]c(-c3ccccc3)cc2-c2ccc(C(F)(F)F)cc2)cc1. The van der Waals surface area contributed by atoms with Gasteiger partial charge in [0.25, 0.3) is 11.8 Å². The monoisotopic (exact) mass is 479 g/mol. The van der Waals surface area contributed by atoms with Gasteiger partial charge in [0.1, 0.15) is 5.69 Å². The quantitative estimate of drug-likeness (QED) is 0.220. The molecule has 1 heterocycles. The van der Waals surface area contributed by atoms with E-state index < -0.39 is 23.6 Å². The van der Waals surface area contributed by atoms with Crippen molar-refractivity contribution in [3.8, 4) is 22.4 Å². The number of carbonyl (C=O) groups excluding carboxylic acids is 2. The lowest BCUT2D eigenvalue weighted by atomic mass is 10.0. The predicted molar refractivity (Wildman–Crippen MR) is 124 cm³/mol. The third-order valence-electron chi connectivity index (χ3n) is 5.42. The molecule has 0 fully saturated rings. The lowest BCUT2D eigenvalue weighted by Crippen LogP contribution is -2.24. The van der Waals surface area contributed by atoms with E-state index >= 15 is 0 Å². The zero-order chi connectivity index (χ0) is 25.0. The summed E-state index contributed by atoms with van der Waals surface area (Å²) in [5, 5.41) is 11.5. The summed E-state index contributed by atoms with van der Waals surface area (Å²) in [7, 11) is 0. The van der Waals surface area contributed by atoms with E-state index in [4.69, 9.17) is 5.21 Å². The smallest absolute Gasteiger partial charge is 0.350 e. The second kappa shape index (κ2) is 9.86. The van der Waals surface area contributed by atoms with Gasteiger partial charge in [-0.25, -0.2) is 5.48 Å². The lowest BCUT2D eigenvalue weighted by molar-refractivity contribution is -0.137. The average molecular weight is 479 g/mol. The summed E-state index contributed by atoms with van der Waals surface area (Å²) in [6.07, 6.45) is -4.46. The third-order valence-corrected chi connectivity index (χ3v) is 5.42. The third kappa shape index (κ3) is 5.42. The van der Waals surface area contributed by atoms with Crippen LogP contribution in [0, 0.1) is 0 Å². The number of alkyl halides is 3. The minimum absolute atomic E-state index is 0.145. The molecule has 0 spiro atoms. The molecule has 0 radical (unpaired) electrons. The molecule has 6 nitrogen and oxygen atoms in total. The Morgan fingerprint density at radius 2 is 1.49 bits per heavy atom. The van der Waals surface area contributed by atoms with Gasteiger partial charge in [-0.15, -0.1) is 0 Å². The first-order valence-electron chi connectivity index (χ1n) is 10.5. The topological polar surface area (TPSA) is 94.2 Å². The van der Waals surface area contributed by atoms with Crippen molar-refractivity contribution < 1.29 is 28.0 Å². The van der Waals surface area contributed by atoms with Gasteiger partial charge in [-0.3, -0.25) is 14.8 Å². The Balaban J connectivity index is 1.61. The number of hydroxylamine groups is 1. The molecule has 0 aliphatic rings. The van der Waals surface area contributed by atoms with Gasteiger partial charge in [-0.1, -0.05) is 54.6 Å². The molecule has 4 rings (SSSR count). The fraction of sp³-hybridized carbons (Fsp3) is 0.0769. The Kier molecular flexibility index (Phi) is 6.70. The number of hydrogen-bond donors (Lipinski definition) is 4. The van der Waals surface area contributed by atoms with Gasteiger partial charge in [0, 0.05) is 23.4 Å². The molecule has 0 unspecified atom stereocenters. The van der Waals surface area contributed by atoms with Crippen molar-refractivity contribution in [3.63, 3.8) is 0 Å². The predicted octanol–water partition coefficient (Wildman–Crippen LogP) is 5.42. The van der Waals surface area contributed by atoms with E-state index in [1.54, 1.807) is 23.7 Å². The van der Waals surface area contributed by atoms with Crippen molar-refractivity contribution in [2.45, 2.75) is 12.7 Å². The van der Waals surface area contributed by atoms with Crippen LogP contribution in [0.25, 0.3) is 22.4 Å². The van der Waals surface area contributed by atoms with Gasteiger partial charge in [0.05, 0.1) is 5.56 Å². The number of amides is 2. The summed E-state index contributed by atoms with van der Waals surface area (Å²) in [4.78, 5) is 27.6. The van der Waals surface area contributed by atoms with E-state index in [1.807, 2.05) is 30.3 Å². The first-order valence-corrected chi connectivity index (χ1v) is 10.5. The average Bonchev–Trinajstić information content (AvgIpc) is 3.33. The molecular formula is C26H20F3N3O3. The van der Waals surface area contributed by atoms with Gasteiger partial charge in [-0.05, 0) is 47.0 Å². The second-order valence-corrected chi connectivity index (χ2v) is 7.73. The van der Waals surface area contributed by atoms with E-state index in [-0.39, 0.29) is 17.8 Å². The number of benzene rings is 3. The molecule has 0 bridgehead atoms. The van der Waals surface area contributed by atoms with Crippen molar-refractivity contribution in [1.29, 1.82) is 0 Å². The summed E-state index contributed by atoms with van der Waals surface area (Å²) in [6, 6.07) is 21.9. The van der Waals surface area contributed by atoms with E-state index in [0.717, 1.165) is 17.7 Å². The van der Waals surface area contributed by atoms with Crippen LogP contribution in [0.2, 0.25) is 0 Å². The van der Waals surface area contributed by atoms with Crippen LogP contribution < -0.4 is 10.8 Å². The fourth-order valence-electron chi connectivity index (χ4n) is 3.58. The number of H-pyrrole nitrogens is 1. The lowest BCUT2D eigenvalue weighted by Gasteiger charge is -2.09. The molecule has 3 aromatic carbocycles. The number of rotatable bonds is 6. The summed E-state index contributed by atoms with van der Waals surface area (Å²) in [6.45, 7) is 0.145. The van der Waals surface area contributed by atoms with Crippen LogP contribution >= 0.6 is 0 Å². The number of halogens is 3. The Bertz CT molecular complexity index is 1330. The van der Waals surface area contributed by atoms with Crippen LogP contribution in [0.15, 0.2) is 84.9 Å². The van der Waals surface area contributed by atoms with E-state index in [9.17, 15) is 22.8 Å². The summed E-state index contributed by atoms with van der Waals surface area (Å²) < 4.78 is 39.0. The first-order chi connectivity index (χ1) is 16.8. The molecule has 1 aromatic heterocycles. The molecular weight excluding hydrogens is 459 g/mol. The zero-order valence-electron chi connectivity index (χ0n) is 18.2. The highest BCUT2D eigenvalue weighted by Gasteiger charge is 2.30. The van der Waals surface area contributed by atoms with Crippen molar-refractivity contribution in [3.05, 3.63) is 107 Å². The van der Waals surface area contributed by atoms with Crippen LogP contribution in [0.1, 0.15) is 32.0 Å². The molecule has 4 N–H and O–H groups in total. The van der Waals surface area contributed by atoms with Crippen molar-refractivity contribution in [2.75, 3.05) is 0 Å². The minimum atomic E-state index is -4.46. The Hall–Kier alpha value is -4.37. The molecule has 0 atom stereocenters. The molecule has 4 aromatic rings. The zero-order valence-corrected chi connectivity index (χ0v) is 18.2.